The van der Waals surface area contributed by atoms with Gasteiger partial charge in [-0.25, -0.2) is 9.48 Å². The summed E-state index contributed by atoms with van der Waals surface area (Å²) in [6.07, 6.45) is 1.71. The zero-order valence-corrected chi connectivity index (χ0v) is 12.8. The third-order valence-corrected chi connectivity index (χ3v) is 3.57. The minimum Gasteiger partial charge on any atom is -0.395 e. The number of aliphatic hydroxyl groups excluding tert-OH is 1. The standard InChI is InChI=1S/C14H25N5O2/c1-12(2)11-19-13(3-4-15-19)16-14(21)18-7-5-17(6-8-18)9-10-20/h3-4,12,20H,5-11H2,1-2H3,(H,16,21). The molecule has 1 aliphatic heterocycles. The van der Waals surface area contributed by atoms with Crippen LogP contribution in [-0.2, 0) is 6.54 Å². The summed E-state index contributed by atoms with van der Waals surface area (Å²) >= 11 is 0. The SMILES string of the molecule is CC(C)Cn1nccc1NC(=O)N1CCN(CCO)CC1. The van der Waals surface area contributed by atoms with Crippen molar-refractivity contribution in [2.24, 2.45) is 5.92 Å². The van der Waals surface area contributed by atoms with Gasteiger partial charge in [0.2, 0.25) is 0 Å². The van der Waals surface area contributed by atoms with Crippen LogP contribution in [0.15, 0.2) is 12.3 Å². The lowest BCUT2D eigenvalue weighted by molar-refractivity contribution is 0.127. The summed E-state index contributed by atoms with van der Waals surface area (Å²) in [5.74, 6) is 1.22. The molecule has 2 rings (SSSR count). The van der Waals surface area contributed by atoms with E-state index in [1.807, 2.05) is 10.7 Å². The van der Waals surface area contributed by atoms with Crippen LogP contribution in [0.2, 0.25) is 0 Å². The summed E-state index contributed by atoms with van der Waals surface area (Å²) in [7, 11) is 0. The number of amides is 2. The number of aromatic nitrogens is 2. The second-order valence-corrected chi connectivity index (χ2v) is 5.77. The zero-order chi connectivity index (χ0) is 15.2. The Hall–Kier alpha value is -1.60. The first kappa shape index (κ1) is 15.8. The number of piperazine rings is 1. The zero-order valence-electron chi connectivity index (χ0n) is 12.8. The van der Waals surface area contributed by atoms with Crippen molar-refractivity contribution in [2.45, 2.75) is 20.4 Å². The van der Waals surface area contributed by atoms with Gasteiger partial charge in [-0.3, -0.25) is 10.2 Å². The third kappa shape index (κ3) is 4.44. The van der Waals surface area contributed by atoms with Crippen molar-refractivity contribution in [1.29, 1.82) is 0 Å². The molecule has 0 unspecified atom stereocenters. The largest absolute Gasteiger partial charge is 0.395 e. The highest BCUT2D eigenvalue weighted by atomic mass is 16.3. The summed E-state index contributed by atoms with van der Waals surface area (Å²) in [5.41, 5.74) is 0. The van der Waals surface area contributed by atoms with Gasteiger partial charge in [-0.15, -0.1) is 0 Å². The predicted molar refractivity (Wildman–Crippen MR) is 81.2 cm³/mol. The van der Waals surface area contributed by atoms with Gasteiger partial charge in [-0.05, 0) is 5.92 Å². The molecule has 7 heteroatoms. The molecule has 2 N–H and O–H groups in total. The van der Waals surface area contributed by atoms with Crippen molar-refractivity contribution < 1.29 is 9.90 Å². The van der Waals surface area contributed by atoms with Crippen LogP contribution < -0.4 is 5.32 Å². The molecule has 118 valence electrons. The number of carbonyl (C=O) groups is 1. The Kier molecular flexibility index (Phi) is 5.58. The summed E-state index contributed by atoms with van der Waals surface area (Å²) in [4.78, 5) is 16.2. The number of anilines is 1. The van der Waals surface area contributed by atoms with E-state index in [4.69, 9.17) is 5.11 Å². The first-order valence-corrected chi connectivity index (χ1v) is 7.51. The van der Waals surface area contributed by atoms with E-state index >= 15 is 0 Å². The molecule has 0 bridgehead atoms. The molecule has 1 aromatic rings. The number of urea groups is 1. The third-order valence-electron chi connectivity index (χ3n) is 3.57. The van der Waals surface area contributed by atoms with Crippen LogP contribution in [0, 0.1) is 5.92 Å². The first-order valence-electron chi connectivity index (χ1n) is 7.51. The van der Waals surface area contributed by atoms with E-state index in [9.17, 15) is 4.79 Å². The molecular weight excluding hydrogens is 270 g/mol. The van der Waals surface area contributed by atoms with Gasteiger partial charge in [0.25, 0.3) is 0 Å². The minimum absolute atomic E-state index is 0.0795. The molecule has 1 fully saturated rings. The van der Waals surface area contributed by atoms with Crippen LogP contribution in [0.4, 0.5) is 10.6 Å². The second-order valence-electron chi connectivity index (χ2n) is 5.77. The summed E-state index contributed by atoms with van der Waals surface area (Å²) in [5, 5.41) is 16.1. The van der Waals surface area contributed by atoms with Gasteiger partial charge in [0.15, 0.2) is 0 Å². The Morgan fingerprint density at radius 1 is 1.38 bits per heavy atom. The number of hydrogen-bond donors (Lipinski definition) is 2. The molecule has 0 spiro atoms. The van der Waals surface area contributed by atoms with Gasteiger partial charge >= 0.3 is 6.03 Å². The van der Waals surface area contributed by atoms with E-state index in [1.54, 1.807) is 11.1 Å². The molecule has 0 radical (unpaired) electrons. The lowest BCUT2D eigenvalue weighted by atomic mass is 10.2. The number of nitrogens with one attached hydrogen (secondary N) is 1. The predicted octanol–water partition coefficient (Wildman–Crippen LogP) is 0.681. The Labute approximate surface area is 125 Å². The Bertz CT molecular complexity index is 452. The number of β-amino-alcohol motifs (C(OH)–C–C–N with tert-alkyl or cyclic N) is 1. The van der Waals surface area contributed by atoms with Crippen LogP contribution in [-0.4, -0.2) is 70.0 Å². The number of aliphatic hydroxyl groups is 1. The maximum atomic E-state index is 12.3. The van der Waals surface area contributed by atoms with Crippen LogP contribution in [0.1, 0.15) is 13.8 Å². The summed E-state index contributed by atoms with van der Waals surface area (Å²) < 4.78 is 1.82. The van der Waals surface area contributed by atoms with E-state index in [2.05, 4.69) is 29.2 Å². The molecule has 0 aromatic carbocycles. The van der Waals surface area contributed by atoms with E-state index in [0.29, 0.717) is 25.6 Å². The smallest absolute Gasteiger partial charge is 0.323 e. The van der Waals surface area contributed by atoms with Gasteiger partial charge < -0.3 is 10.0 Å². The van der Waals surface area contributed by atoms with Gasteiger partial charge in [0.1, 0.15) is 5.82 Å². The normalized spacial score (nSPS) is 16.5. The highest BCUT2D eigenvalue weighted by Crippen LogP contribution is 2.11. The van der Waals surface area contributed by atoms with Crippen molar-refractivity contribution in [3.05, 3.63) is 12.3 Å². The lowest BCUT2D eigenvalue weighted by Gasteiger charge is -2.34. The topological polar surface area (TPSA) is 73.6 Å². The van der Waals surface area contributed by atoms with Crippen LogP contribution in [0.5, 0.6) is 0 Å². The van der Waals surface area contributed by atoms with Crippen molar-refractivity contribution in [1.82, 2.24) is 19.6 Å². The van der Waals surface area contributed by atoms with E-state index in [-0.39, 0.29) is 12.6 Å². The van der Waals surface area contributed by atoms with Crippen molar-refractivity contribution in [2.75, 3.05) is 44.6 Å². The summed E-state index contributed by atoms with van der Waals surface area (Å²) in [6, 6.07) is 1.74. The monoisotopic (exact) mass is 295 g/mol. The molecule has 0 aliphatic carbocycles. The number of rotatable bonds is 5. The minimum atomic E-state index is -0.0795. The molecule has 1 aromatic heterocycles. The van der Waals surface area contributed by atoms with Gasteiger partial charge in [0.05, 0.1) is 12.8 Å². The van der Waals surface area contributed by atoms with Gasteiger partial charge in [-0.1, -0.05) is 13.8 Å². The second kappa shape index (κ2) is 7.42. The van der Waals surface area contributed by atoms with Crippen LogP contribution in [0.25, 0.3) is 0 Å². The molecule has 21 heavy (non-hydrogen) atoms. The number of nitrogens with zero attached hydrogens (tertiary/aromatic N) is 4. The number of hydrogen-bond acceptors (Lipinski definition) is 4. The molecule has 1 saturated heterocycles. The van der Waals surface area contributed by atoms with Crippen molar-refractivity contribution in [3.63, 3.8) is 0 Å². The lowest BCUT2D eigenvalue weighted by Crippen LogP contribution is -2.50. The highest BCUT2D eigenvalue weighted by molar-refractivity contribution is 5.88. The number of carbonyl (C=O) groups excluding carboxylic acids is 1. The van der Waals surface area contributed by atoms with E-state index in [1.165, 1.54) is 0 Å². The molecule has 0 saturated carbocycles. The average molecular weight is 295 g/mol. The van der Waals surface area contributed by atoms with Crippen molar-refractivity contribution >= 4 is 11.8 Å². The fourth-order valence-corrected chi connectivity index (χ4v) is 2.43. The molecular formula is C14H25N5O2. The molecule has 7 nitrogen and oxygen atoms in total. The Morgan fingerprint density at radius 2 is 2.10 bits per heavy atom. The van der Waals surface area contributed by atoms with Crippen molar-refractivity contribution in [3.8, 4) is 0 Å². The maximum absolute atomic E-state index is 12.3. The summed E-state index contributed by atoms with van der Waals surface area (Å²) in [6.45, 7) is 8.85. The maximum Gasteiger partial charge on any atom is 0.323 e. The van der Waals surface area contributed by atoms with Gasteiger partial charge in [0, 0.05) is 45.3 Å². The molecule has 1 aliphatic rings. The quantitative estimate of drug-likeness (QED) is 0.838. The van der Waals surface area contributed by atoms with Gasteiger partial charge in [-0.2, -0.15) is 5.10 Å². The Balaban J connectivity index is 1.86. The molecule has 2 heterocycles. The molecule has 0 atom stereocenters. The molecule has 2 amide bonds. The highest BCUT2D eigenvalue weighted by Gasteiger charge is 2.21. The average Bonchev–Trinajstić information content (AvgIpc) is 2.86. The van der Waals surface area contributed by atoms with E-state index in [0.717, 1.165) is 25.5 Å². The van der Waals surface area contributed by atoms with E-state index < -0.39 is 0 Å². The van der Waals surface area contributed by atoms with Crippen LogP contribution in [0.3, 0.4) is 0 Å². The Morgan fingerprint density at radius 3 is 2.71 bits per heavy atom. The van der Waals surface area contributed by atoms with Crippen LogP contribution >= 0.6 is 0 Å². The fourth-order valence-electron chi connectivity index (χ4n) is 2.43. The first-order chi connectivity index (χ1) is 10.1. The fraction of sp³-hybridized carbons (Fsp3) is 0.714.